The Morgan fingerprint density at radius 3 is 1.88 bits per heavy atom. The fraction of sp³-hybridized carbons (Fsp3) is 0.0938. The van der Waals surface area contributed by atoms with E-state index in [4.69, 9.17) is 0 Å². The highest BCUT2D eigenvalue weighted by Gasteiger charge is 2.53. The summed E-state index contributed by atoms with van der Waals surface area (Å²) in [6.07, 6.45) is 1.32. The Labute approximate surface area is 230 Å². The molecule has 0 radical (unpaired) electrons. The van der Waals surface area contributed by atoms with Gasteiger partial charge in [0.05, 0.1) is 17.2 Å². The molecule has 2 N–H and O–H groups in total. The van der Waals surface area contributed by atoms with E-state index < -0.39 is 28.6 Å². The molecule has 1 unspecified atom stereocenters. The molecule has 8 heteroatoms. The van der Waals surface area contributed by atoms with Crippen LogP contribution in [0.1, 0.15) is 27.8 Å². The topological polar surface area (TPSA) is 91.5 Å². The van der Waals surface area contributed by atoms with Gasteiger partial charge in [-0.25, -0.2) is 10.4 Å². The normalized spacial score (nSPS) is 16.5. The van der Waals surface area contributed by atoms with Crippen molar-refractivity contribution in [3.8, 4) is 0 Å². The van der Waals surface area contributed by atoms with E-state index in [9.17, 15) is 19.6 Å². The maximum atomic E-state index is 14.5. The van der Waals surface area contributed by atoms with Crippen LogP contribution >= 0.6 is 0 Å². The van der Waals surface area contributed by atoms with Gasteiger partial charge in [-0.15, -0.1) is 0 Å². The smallest absolute Gasteiger partial charge is 0.269 e. The lowest BCUT2D eigenvalue weighted by molar-refractivity contribution is -0.384. The largest absolute Gasteiger partial charge is 0.394 e. The van der Waals surface area contributed by atoms with Crippen LogP contribution in [0, 0.1) is 16.1 Å². The van der Waals surface area contributed by atoms with Gasteiger partial charge in [-0.2, -0.15) is 4.39 Å². The third-order valence-electron chi connectivity index (χ3n) is 7.56. The average molecular weight is 533 g/mol. The number of pyridine rings is 1. The fourth-order valence-electron chi connectivity index (χ4n) is 5.78. The number of hydrazine groups is 1. The number of benzene rings is 4. The molecule has 40 heavy (non-hydrogen) atoms. The van der Waals surface area contributed by atoms with Crippen LogP contribution in [0.5, 0.6) is 0 Å². The molecule has 7 nitrogen and oxygen atoms in total. The Hall–Kier alpha value is -4.92. The van der Waals surface area contributed by atoms with E-state index in [1.807, 2.05) is 96.0 Å². The Morgan fingerprint density at radius 1 is 0.850 bits per heavy atom. The molecule has 1 aliphatic rings. The van der Waals surface area contributed by atoms with E-state index in [0.717, 1.165) is 16.7 Å². The van der Waals surface area contributed by atoms with Crippen molar-refractivity contribution < 1.29 is 14.4 Å². The highest BCUT2D eigenvalue weighted by molar-refractivity contribution is 5.72. The molecule has 6 rings (SSSR count). The summed E-state index contributed by atoms with van der Waals surface area (Å²) < 4.78 is 14.5. The van der Waals surface area contributed by atoms with Crippen LogP contribution in [0.15, 0.2) is 128 Å². The predicted molar refractivity (Wildman–Crippen MR) is 150 cm³/mol. The van der Waals surface area contributed by atoms with Crippen LogP contribution in [0.4, 0.5) is 15.8 Å². The standard InChI is InChI=1S/C32H25FN4O3/c33-30-20-26(18-19-34-30)31(22-38)28-21-27(37(39)40)16-17-29(28)36(35-31)32(23-10-4-1-5-11-23,24-12-6-2-7-13-24)25-14-8-3-9-15-25/h1-21,35,38H,22H2. The van der Waals surface area contributed by atoms with Gasteiger partial charge in [-0.05, 0) is 40.5 Å². The zero-order chi connectivity index (χ0) is 27.7. The number of aliphatic hydroxyl groups excluding tert-OH is 1. The van der Waals surface area contributed by atoms with Gasteiger partial charge in [0, 0.05) is 23.9 Å². The number of fused-ring (bicyclic) bond motifs is 1. The monoisotopic (exact) mass is 532 g/mol. The van der Waals surface area contributed by atoms with E-state index in [0.29, 0.717) is 16.8 Å². The lowest BCUT2D eigenvalue weighted by atomic mass is 9.76. The minimum Gasteiger partial charge on any atom is -0.394 e. The third-order valence-corrected chi connectivity index (χ3v) is 7.56. The van der Waals surface area contributed by atoms with Gasteiger partial charge in [0.2, 0.25) is 5.95 Å². The summed E-state index contributed by atoms with van der Waals surface area (Å²) in [6.45, 7) is -0.504. The van der Waals surface area contributed by atoms with E-state index in [-0.39, 0.29) is 5.69 Å². The SMILES string of the molecule is O=[N+]([O-])c1ccc2c(c1)C(CO)(c1ccnc(F)c1)NN2C(c1ccccc1)(c1ccccc1)c1ccccc1. The third kappa shape index (κ3) is 3.85. The second-order valence-electron chi connectivity index (χ2n) is 9.64. The minimum atomic E-state index is -1.41. The van der Waals surface area contributed by atoms with Gasteiger partial charge >= 0.3 is 0 Å². The van der Waals surface area contributed by atoms with Crippen LogP contribution in [-0.2, 0) is 11.1 Å². The molecule has 0 fully saturated rings. The van der Waals surface area contributed by atoms with Crippen LogP contribution in [0.3, 0.4) is 0 Å². The van der Waals surface area contributed by atoms with Gasteiger partial charge < -0.3 is 5.11 Å². The molecule has 1 aromatic heterocycles. The molecular weight excluding hydrogens is 507 g/mol. The van der Waals surface area contributed by atoms with Crippen molar-refractivity contribution >= 4 is 11.4 Å². The van der Waals surface area contributed by atoms with Crippen LogP contribution < -0.4 is 10.4 Å². The zero-order valence-electron chi connectivity index (χ0n) is 21.3. The van der Waals surface area contributed by atoms with Crippen molar-refractivity contribution in [2.24, 2.45) is 0 Å². The molecule has 2 heterocycles. The number of anilines is 1. The number of aliphatic hydroxyl groups is 1. The number of nitrogens with one attached hydrogen (secondary N) is 1. The zero-order valence-corrected chi connectivity index (χ0v) is 21.3. The maximum Gasteiger partial charge on any atom is 0.269 e. The number of halogens is 1. The number of nitro groups is 1. The van der Waals surface area contributed by atoms with Gasteiger partial charge in [-0.3, -0.25) is 15.1 Å². The first-order chi connectivity index (χ1) is 19.5. The van der Waals surface area contributed by atoms with E-state index >= 15 is 0 Å². The Bertz CT molecular complexity index is 1570. The lowest BCUT2D eigenvalue weighted by Gasteiger charge is -2.46. The van der Waals surface area contributed by atoms with Crippen molar-refractivity contribution in [2.75, 3.05) is 11.6 Å². The first kappa shape index (κ1) is 25.4. The molecule has 0 spiro atoms. The number of hydrogen-bond donors (Lipinski definition) is 2. The number of nitro benzene ring substituents is 1. The summed E-state index contributed by atoms with van der Waals surface area (Å²) in [4.78, 5) is 15.1. The van der Waals surface area contributed by atoms with Gasteiger partial charge in [-0.1, -0.05) is 91.0 Å². The highest BCUT2D eigenvalue weighted by Crippen LogP contribution is 2.52. The van der Waals surface area contributed by atoms with Crippen LogP contribution in [0.25, 0.3) is 0 Å². The highest BCUT2D eigenvalue weighted by atomic mass is 19.1. The summed E-state index contributed by atoms with van der Waals surface area (Å²) in [5.74, 6) is -0.724. The van der Waals surface area contributed by atoms with E-state index in [2.05, 4.69) is 10.4 Å². The second-order valence-corrected chi connectivity index (χ2v) is 9.64. The van der Waals surface area contributed by atoms with Crippen LogP contribution in [-0.4, -0.2) is 21.6 Å². The van der Waals surface area contributed by atoms with Gasteiger partial charge in [0.1, 0.15) is 11.1 Å². The molecule has 0 saturated heterocycles. The molecule has 198 valence electrons. The first-order valence-corrected chi connectivity index (χ1v) is 12.8. The Kier molecular flexibility index (Phi) is 6.34. The molecule has 0 saturated carbocycles. The number of hydrogen-bond acceptors (Lipinski definition) is 6. The summed E-state index contributed by atoms with van der Waals surface area (Å²) in [5, 5.41) is 24.8. The van der Waals surface area contributed by atoms with Crippen molar-refractivity contribution in [3.05, 3.63) is 171 Å². The Balaban J connectivity index is 1.73. The number of non-ortho nitro benzene ring substituents is 1. The van der Waals surface area contributed by atoms with Crippen molar-refractivity contribution in [2.45, 2.75) is 11.1 Å². The average Bonchev–Trinajstić information content (AvgIpc) is 3.34. The van der Waals surface area contributed by atoms with Crippen molar-refractivity contribution in [1.29, 1.82) is 0 Å². The molecule has 1 aliphatic heterocycles. The van der Waals surface area contributed by atoms with Gasteiger partial charge in [0.25, 0.3) is 5.69 Å². The Morgan fingerprint density at radius 2 is 1.40 bits per heavy atom. The molecular formula is C32H25FN4O3. The second kappa shape index (κ2) is 10.00. The van der Waals surface area contributed by atoms with E-state index in [1.165, 1.54) is 24.4 Å². The lowest BCUT2D eigenvalue weighted by Crippen LogP contribution is -2.58. The molecule has 0 aliphatic carbocycles. The molecule has 4 aromatic carbocycles. The summed E-state index contributed by atoms with van der Waals surface area (Å²) in [6, 6.07) is 37.1. The molecule has 0 amide bonds. The van der Waals surface area contributed by atoms with Gasteiger partial charge in [0.15, 0.2) is 0 Å². The molecule has 0 bridgehead atoms. The van der Waals surface area contributed by atoms with Crippen molar-refractivity contribution in [3.63, 3.8) is 0 Å². The molecule has 1 atom stereocenters. The maximum absolute atomic E-state index is 14.5. The number of aromatic nitrogens is 1. The summed E-state index contributed by atoms with van der Waals surface area (Å²) in [7, 11) is 0. The first-order valence-electron chi connectivity index (χ1n) is 12.8. The predicted octanol–water partition coefficient (Wildman–Crippen LogP) is 5.68. The van der Waals surface area contributed by atoms with E-state index in [1.54, 1.807) is 12.1 Å². The molecule has 5 aromatic rings. The van der Waals surface area contributed by atoms with Crippen molar-refractivity contribution in [1.82, 2.24) is 10.4 Å². The minimum absolute atomic E-state index is 0.139. The summed E-state index contributed by atoms with van der Waals surface area (Å²) in [5.41, 5.74) is 5.16. The van der Waals surface area contributed by atoms with Crippen LogP contribution in [0.2, 0.25) is 0 Å². The summed E-state index contributed by atoms with van der Waals surface area (Å²) >= 11 is 0. The quantitative estimate of drug-likeness (QED) is 0.121. The fourth-order valence-corrected chi connectivity index (χ4v) is 5.78. The number of rotatable bonds is 7. The number of nitrogens with zero attached hydrogens (tertiary/aromatic N) is 3.